The fourth-order valence-electron chi connectivity index (χ4n) is 3.18. The molecule has 0 spiro atoms. The number of aromatic nitrogens is 5. The molecule has 3 rings (SSSR count). The van der Waals surface area contributed by atoms with Crippen LogP contribution in [0.15, 0.2) is 25.0 Å². The Balaban J connectivity index is 1.76. The molecule has 1 aliphatic heterocycles. The van der Waals surface area contributed by atoms with Gasteiger partial charge < -0.3 is 4.74 Å². The molecule has 7 nitrogen and oxygen atoms in total. The van der Waals surface area contributed by atoms with Gasteiger partial charge in [0.1, 0.15) is 5.69 Å². The molecule has 0 fully saturated rings. The molecule has 0 N–H and O–H groups in total. The number of hydrogen-bond donors (Lipinski definition) is 0. The lowest BCUT2D eigenvalue weighted by atomic mass is 9.98. The quantitative estimate of drug-likeness (QED) is 0.570. The van der Waals surface area contributed by atoms with E-state index in [0.717, 1.165) is 31.9 Å². The van der Waals surface area contributed by atoms with Gasteiger partial charge in [-0.2, -0.15) is 5.10 Å². The van der Waals surface area contributed by atoms with Crippen molar-refractivity contribution in [2.45, 2.75) is 32.5 Å². The summed E-state index contributed by atoms with van der Waals surface area (Å²) in [4.78, 5) is 2.38. The number of fused-ring (bicyclic) bond motifs is 1. The largest absolute Gasteiger partial charge is 0.377 e. The van der Waals surface area contributed by atoms with E-state index in [-0.39, 0.29) is 5.92 Å². The topological polar surface area (TPSA) is 61.0 Å². The van der Waals surface area contributed by atoms with Crippen LogP contribution in [0.3, 0.4) is 0 Å². The first-order valence-electron chi connectivity index (χ1n) is 8.02. The standard InChI is InChI=1S/C16H24N6O/c1-4-6-23-12-14-10-21(9-13-7-17-20(3)8-13)11-15-16(14)22(5-2)19-18-15/h4,7-8,14H,1,5-6,9-12H2,2-3H3/t14-/m0/s1. The van der Waals surface area contributed by atoms with E-state index in [4.69, 9.17) is 4.74 Å². The Morgan fingerprint density at radius 3 is 3.04 bits per heavy atom. The zero-order chi connectivity index (χ0) is 16.2. The predicted octanol–water partition coefficient (Wildman–Crippen LogP) is 1.33. The van der Waals surface area contributed by atoms with Crippen LogP contribution in [0.5, 0.6) is 0 Å². The molecule has 0 bridgehead atoms. The lowest BCUT2D eigenvalue weighted by molar-refractivity contribution is 0.111. The van der Waals surface area contributed by atoms with Crippen LogP contribution >= 0.6 is 0 Å². The summed E-state index contributed by atoms with van der Waals surface area (Å²) in [5.74, 6) is 0.283. The van der Waals surface area contributed by atoms with Gasteiger partial charge in [0.2, 0.25) is 0 Å². The smallest absolute Gasteiger partial charge is 0.100 e. The second kappa shape index (κ2) is 7.06. The van der Waals surface area contributed by atoms with Gasteiger partial charge in [-0.3, -0.25) is 9.58 Å². The number of rotatable bonds is 7. The van der Waals surface area contributed by atoms with Crippen molar-refractivity contribution < 1.29 is 4.74 Å². The Morgan fingerprint density at radius 1 is 1.48 bits per heavy atom. The summed E-state index contributed by atoms with van der Waals surface area (Å²) in [7, 11) is 1.94. The van der Waals surface area contributed by atoms with Crippen LogP contribution in [0, 0.1) is 0 Å². The maximum absolute atomic E-state index is 5.72. The lowest BCUT2D eigenvalue weighted by Gasteiger charge is -2.32. The summed E-state index contributed by atoms with van der Waals surface area (Å²) in [6.07, 6.45) is 5.76. The van der Waals surface area contributed by atoms with Crippen molar-refractivity contribution >= 4 is 0 Å². The number of nitrogens with zero attached hydrogens (tertiary/aromatic N) is 6. The maximum Gasteiger partial charge on any atom is 0.100 e. The van der Waals surface area contributed by atoms with Crippen molar-refractivity contribution in [3.8, 4) is 0 Å². The van der Waals surface area contributed by atoms with Crippen LogP contribution in [0.2, 0.25) is 0 Å². The summed E-state index contributed by atoms with van der Waals surface area (Å²) >= 11 is 0. The Hall–Kier alpha value is -1.99. The van der Waals surface area contributed by atoms with Gasteiger partial charge in [0, 0.05) is 50.9 Å². The van der Waals surface area contributed by atoms with Gasteiger partial charge in [-0.15, -0.1) is 11.7 Å². The highest BCUT2D eigenvalue weighted by Crippen LogP contribution is 2.28. The fraction of sp³-hybridized carbons (Fsp3) is 0.562. The van der Waals surface area contributed by atoms with E-state index in [1.807, 2.05) is 22.6 Å². The summed E-state index contributed by atoms with van der Waals surface area (Å²) < 4.78 is 9.56. The molecule has 2 aromatic rings. The van der Waals surface area contributed by atoms with Gasteiger partial charge in [-0.25, -0.2) is 4.68 Å². The van der Waals surface area contributed by atoms with Crippen LogP contribution < -0.4 is 0 Å². The second-order valence-electron chi connectivity index (χ2n) is 5.95. The molecule has 3 heterocycles. The van der Waals surface area contributed by atoms with E-state index in [9.17, 15) is 0 Å². The van der Waals surface area contributed by atoms with Crippen LogP contribution in [0.1, 0.15) is 29.8 Å². The van der Waals surface area contributed by atoms with Crippen molar-refractivity contribution in [3.63, 3.8) is 0 Å². The monoisotopic (exact) mass is 316 g/mol. The Labute approximate surface area is 136 Å². The molecule has 0 unspecified atom stereocenters. The van der Waals surface area contributed by atoms with Gasteiger partial charge in [-0.1, -0.05) is 11.3 Å². The molecule has 2 aromatic heterocycles. The Bertz CT molecular complexity index is 661. The number of aryl methyl sites for hydroxylation is 2. The Kier molecular flexibility index (Phi) is 4.88. The van der Waals surface area contributed by atoms with Crippen LogP contribution in [-0.4, -0.2) is 49.4 Å². The Morgan fingerprint density at radius 2 is 2.35 bits per heavy atom. The average Bonchev–Trinajstić information content (AvgIpc) is 3.13. The maximum atomic E-state index is 5.72. The third-order valence-corrected chi connectivity index (χ3v) is 4.10. The van der Waals surface area contributed by atoms with Gasteiger partial charge in [0.05, 0.1) is 25.1 Å². The molecule has 1 atom stereocenters. The first-order chi connectivity index (χ1) is 11.2. The zero-order valence-electron chi connectivity index (χ0n) is 13.9. The van der Waals surface area contributed by atoms with Crippen LogP contribution in [-0.2, 0) is 31.4 Å². The van der Waals surface area contributed by atoms with Crippen molar-refractivity contribution in [2.24, 2.45) is 7.05 Å². The highest BCUT2D eigenvalue weighted by Gasteiger charge is 2.30. The average molecular weight is 316 g/mol. The summed E-state index contributed by atoms with van der Waals surface area (Å²) in [6, 6.07) is 0. The molecular weight excluding hydrogens is 292 g/mol. The van der Waals surface area contributed by atoms with Crippen molar-refractivity contribution in [3.05, 3.63) is 42.0 Å². The molecule has 1 aliphatic rings. The number of ether oxygens (including phenoxy) is 1. The fourth-order valence-corrected chi connectivity index (χ4v) is 3.18. The molecule has 0 saturated carbocycles. The minimum atomic E-state index is 0.283. The van der Waals surface area contributed by atoms with E-state index in [2.05, 4.69) is 40.0 Å². The molecule has 0 aliphatic carbocycles. The van der Waals surface area contributed by atoms with Crippen LogP contribution in [0.4, 0.5) is 0 Å². The first-order valence-corrected chi connectivity index (χ1v) is 8.02. The van der Waals surface area contributed by atoms with E-state index < -0.39 is 0 Å². The second-order valence-corrected chi connectivity index (χ2v) is 5.95. The minimum absolute atomic E-state index is 0.283. The van der Waals surface area contributed by atoms with Crippen LogP contribution in [0.25, 0.3) is 0 Å². The SMILES string of the molecule is C=CCOC[C@@H]1CN(Cc2cnn(C)c2)Cc2nnn(CC)c21. The van der Waals surface area contributed by atoms with Gasteiger partial charge in [-0.05, 0) is 6.92 Å². The first kappa shape index (κ1) is 15.9. The normalized spacial score (nSPS) is 18.1. The molecule has 0 aromatic carbocycles. The molecule has 124 valence electrons. The van der Waals surface area contributed by atoms with Crippen molar-refractivity contribution in [2.75, 3.05) is 19.8 Å². The molecule has 0 amide bonds. The molecule has 23 heavy (non-hydrogen) atoms. The van der Waals surface area contributed by atoms with Gasteiger partial charge >= 0.3 is 0 Å². The van der Waals surface area contributed by atoms with Gasteiger partial charge in [0.25, 0.3) is 0 Å². The molecular formula is C16H24N6O. The van der Waals surface area contributed by atoms with E-state index >= 15 is 0 Å². The van der Waals surface area contributed by atoms with E-state index in [1.165, 1.54) is 11.3 Å². The number of hydrogen-bond acceptors (Lipinski definition) is 5. The van der Waals surface area contributed by atoms with Crippen molar-refractivity contribution in [1.82, 2.24) is 29.7 Å². The highest BCUT2D eigenvalue weighted by molar-refractivity contribution is 5.20. The van der Waals surface area contributed by atoms with E-state index in [1.54, 1.807) is 6.08 Å². The zero-order valence-corrected chi connectivity index (χ0v) is 13.9. The van der Waals surface area contributed by atoms with E-state index in [0.29, 0.717) is 13.2 Å². The minimum Gasteiger partial charge on any atom is -0.377 e. The van der Waals surface area contributed by atoms with Gasteiger partial charge in [0.15, 0.2) is 0 Å². The summed E-state index contributed by atoms with van der Waals surface area (Å²) in [5, 5.41) is 12.9. The summed E-state index contributed by atoms with van der Waals surface area (Å²) in [5.41, 5.74) is 3.50. The molecule has 0 radical (unpaired) electrons. The highest BCUT2D eigenvalue weighted by atomic mass is 16.5. The summed E-state index contributed by atoms with van der Waals surface area (Å²) in [6.45, 7) is 10.5. The third kappa shape index (κ3) is 3.51. The lowest BCUT2D eigenvalue weighted by Crippen LogP contribution is -2.36. The van der Waals surface area contributed by atoms with Crippen molar-refractivity contribution in [1.29, 1.82) is 0 Å². The molecule has 7 heteroatoms. The third-order valence-electron chi connectivity index (χ3n) is 4.10. The molecule has 0 saturated heterocycles. The predicted molar refractivity (Wildman–Crippen MR) is 86.8 cm³/mol.